The first-order valence-electron chi connectivity index (χ1n) is 12.6. The number of anilines is 2. The van der Waals surface area contributed by atoms with Crippen molar-refractivity contribution in [3.63, 3.8) is 0 Å². The van der Waals surface area contributed by atoms with Gasteiger partial charge >= 0.3 is 12.2 Å². The number of hydrogen-bond acceptors (Lipinski definition) is 6. The van der Waals surface area contributed by atoms with Crippen LogP contribution in [0.5, 0.6) is 11.5 Å². The number of carbonyl (C=O) groups excluding carboxylic acids is 4. The van der Waals surface area contributed by atoms with Gasteiger partial charge in [-0.3, -0.25) is 9.59 Å². The molecule has 0 aliphatic rings. The van der Waals surface area contributed by atoms with E-state index in [-0.39, 0.29) is 18.4 Å². The molecule has 4 N–H and O–H groups in total. The SMILES string of the molecule is C=C(C)C(=O)Nc1ccc(OC(=O)NCC(C)(C)CC(C)(C)NC(=O)Oc2ccc(NC(=O)C(=C)C)cc2)cc1. The van der Waals surface area contributed by atoms with Crippen LogP contribution in [0.4, 0.5) is 21.0 Å². The van der Waals surface area contributed by atoms with Crippen LogP contribution in [-0.2, 0) is 9.59 Å². The lowest BCUT2D eigenvalue weighted by atomic mass is 9.80. The van der Waals surface area contributed by atoms with Crippen molar-refractivity contribution in [3.05, 3.63) is 72.8 Å². The second-order valence-electron chi connectivity index (χ2n) is 11.0. The van der Waals surface area contributed by atoms with E-state index >= 15 is 0 Å². The van der Waals surface area contributed by atoms with Crippen LogP contribution in [-0.4, -0.2) is 36.1 Å². The summed E-state index contributed by atoms with van der Waals surface area (Å²) in [6, 6.07) is 12.8. The normalized spacial score (nSPS) is 11.1. The molecule has 0 radical (unpaired) electrons. The highest BCUT2D eigenvalue weighted by molar-refractivity contribution is 6.03. The number of rotatable bonds is 11. The summed E-state index contributed by atoms with van der Waals surface area (Å²) in [5.41, 5.74) is 0.808. The monoisotopic (exact) mass is 550 g/mol. The van der Waals surface area contributed by atoms with Crippen molar-refractivity contribution < 1.29 is 28.7 Å². The van der Waals surface area contributed by atoms with Gasteiger partial charge in [0, 0.05) is 34.6 Å². The van der Waals surface area contributed by atoms with E-state index in [0.717, 1.165) is 0 Å². The summed E-state index contributed by atoms with van der Waals surface area (Å²) < 4.78 is 10.7. The van der Waals surface area contributed by atoms with Crippen LogP contribution in [0.15, 0.2) is 72.8 Å². The molecule has 10 heteroatoms. The average Bonchev–Trinajstić information content (AvgIpc) is 2.84. The van der Waals surface area contributed by atoms with Gasteiger partial charge in [0.15, 0.2) is 0 Å². The standard InChI is InChI=1S/C30H38N4O6/c1-19(2)25(35)32-21-9-13-23(14-10-21)39-27(37)31-18-29(5,6)17-30(7,8)34-28(38)40-24-15-11-22(12-16-24)33-26(36)20(3)4/h9-16H,1,3,17-18H2,2,4-8H3,(H,31,37)(H,32,35)(H,33,36)(H,34,38). The Balaban J connectivity index is 1.82. The van der Waals surface area contributed by atoms with Crippen molar-refractivity contribution in [2.75, 3.05) is 17.2 Å². The van der Waals surface area contributed by atoms with Crippen molar-refractivity contribution in [3.8, 4) is 11.5 Å². The van der Waals surface area contributed by atoms with E-state index in [4.69, 9.17) is 9.47 Å². The Hall–Kier alpha value is -4.60. The van der Waals surface area contributed by atoms with Gasteiger partial charge in [-0.1, -0.05) is 27.0 Å². The van der Waals surface area contributed by atoms with E-state index < -0.39 is 23.1 Å². The lowest BCUT2D eigenvalue weighted by molar-refractivity contribution is -0.113. The molecule has 4 amide bonds. The van der Waals surface area contributed by atoms with E-state index in [1.54, 1.807) is 62.4 Å². The second kappa shape index (κ2) is 13.5. The zero-order valence-electron chi connectivity index (χ0n) is 23.9. The predicted molar refractivity (Wildman–Crippen MR) is 155 cm³/mol. The maximum atomic E-state index is 12.5. The molecule has 214 valence electrons. The van der Waals surface area contributed by atoms with Gasteiger partial charge in [-0.25, -0.2) is 9.59 Å². The lowest BCUT2D eigenvalue weighted by Crippen LogP contribution is -2.49. The molecule has 40 heavy (non-hydrogen) atoms. The summed E-state index contributed by atoms with van der Waals surface area (Å²) >= 11 is 0. The minimum absolute atomic E-state index is 0.288. The summed E-state index contributed by atoms with van der Waals surface area (Å²) in [7, 11) is 0. The Bertz CT molecular complexity index is 1260. The van der Waals surface area contributed by atoms with Gasteiger partial charge in [0.1, 0.15) is 11.5 Å². The van der Waals surface area contributed by atoms with Crippen LogP contribution >= 0.6 is 0 Å². The quantitative estimate of drug-likeness (QED) is 0.262. The maximum absolute atomic E-state index is 12.5. The molecule has 0 heterocycles. The Kier molecular flexibility index (Phi) is 10.6. The highest BCUT2D eigenvalue weighted by Gasteiger charge is 2.31. The molecular weight excluding hydrogens is 512 g/mol. The van der Waals surface area contributed by atoms with Gasteiger partial charge in [0.25, 0.3) is 11.8 Å². The third kappa shape index (κ3) is 11.0. The molecule has 0 saturated heterocycles. The van der Waals surface area contributed by atoms with Crippen LogP contribution < -0.4 is 30.7 Å². The number of carbonyl (C=O) groups is 4. The number of nitrogens with one attached hydrogen (secondary N) is 4. The van der Waals surface area contributed by atoms with Crippen molar-refractivity contribution in [1.82, 2.24) is 10.6 Å². The second-order valence-corrected chi connectivity index (χ2v) is 11.0. The summed E-state index contributed by atoms with van der Waals surface area (Å²) in [6.07, 6.45) is -0.743. The third-order valence-corrected chi connectivity index (χ3v) is 5.49. The lowest BCUT2D eigenvalue weighted by Gasteiger charge is -2.35. The zero-order chi connectivity index (χ0) is 30.1. The highest BCUT2D eigenvalue weighted by atomic mass is 16.6. The number of hydrogen-bond donors (Lipinski definition) is 4. The van der Waals surface area contributed by atoms with E-state index in [2.05, 4.69) is 34.4 Å². The molecule has 0 atom stereocenters. The largest absolute Gasteiger partial charge is 0.413 e. The molecule has 2 rings (SSSR count). The predicted octanol–water partition coefficient (Wildman–Crippen LogP) is 5.79. The summed E-state index contributed by atoms with van der Waals surface area (Å²) in [5.74, 6) is 0.0498. The number of amides is 4. The summed E-state index contributed by atoms with van der Waals surface area (Å²) in [4.78, 5) is 48.3. The van der Waals surface area contributed by atoms with Gasteiger partial charge in [-0.15, -0.1) is 0 Å². The molecule has 2 aromatic carbocycles. The molecule has 0 saturated carbocycles. The van der Waals surface area contributed by atoms with Crippen molar-refractivity contribution in [1.29, 1.82) is 0 Å². The molecule has 0 unspecified atom stereocenters. The highest BCUT2D eigenvalue weighted by Crippen LogP contribution is 2.28. The van der Waals surface area contributed by atoms with Gasteiger partial charge in [-0.05, 0) is 88.1 Å². The molecule has 0 aliphatic carbocycles. The van der Waals surface area contributed by atoms with Gasteiger partial charge in [0.2, 0.25) is 0 Å². The Morgan fingerprint density at radius 3 is 1.50 bits per heavy atom. The maximum Gasteiger partial charge on any atom is 0.413 e. The smallest absolute Gasteiger partial charge is 0.410 e. The van der Waals surface area contributed by atoms with Crippen LogP contribution in [0.2, 0.25) is 0 Å². The minimum atomic E-state index is -0.661. The van der Waals surface area contributed by atoms with Gasteiger partial charge in [-0.2, -0.15) is 0 Å². The molecule has 2 aromatic rings. The molecule has 0 aromatic heterocycles. The van der Waals surface area contributed by atoms with Crippen molar-refractivity contribution >= 4 is 35.4 Å². The van der Waals surface area contributed by atoms with E-state index in [0.29, 0.717) is 40.4 Å². The van der Waals surface area contributed by atoms with Gasteiger partial charge < -0.3 is 30.7 Å². The Labute approximate surface area is 235 Å². The van der Waals surface area contributed by atoms with Crippen LogP contribution in [0.25, 0.3) is 0 Å². The first-order valence-corrected chi connectivity index (χ1v) is 12.6. The van der Waals surface area contributed by atoms with Crippen LogP contribution in [0.3, 0.4) is 0 Å². The summed E-state index contributed by atoms with van der Waals surface area (Å²) in [6.45, 7) is 18.3. The first-order chi connectivity index (χ1) is 18.5. The van der Waals surface area contributed by atoms with E-state index in [9.17, 15) is 19.2 Å². The topological polar surface area (TPSA) is 135 Å². The number of ether oxygens (including phenoxy) is 2. The van der Waals surface area contributed by atoms with Crippen molar-refractivity contribution in [2.45, 2.75) is 53.5 Å². The zero-order valence-corrected chi connectivity index (χ0v) is 23.9. The molecule has 0 fully saturated rings. The minimum Gasteiger partial charge on any atom is -0.410 e. The fourth-order valence-electron chi connectivity index (χ4n) is 3.85. The fourth-order valence-corrected chi connectivity index (χ4v) is 3.85. The third-order valence-electron chi connectivity index (χ3n) is 5.49. The molecule has 0 spiro atoms. The molecule has 0 bridgehead atoms. The summed E-state index contributed by atoms with van der Waals surface area (Å²) in [5, 5.41) is 11.0. The van der Waals surface area contributed by atoms with Crippen LogP contribution in [0.1, 0.15) is 48.0 Å². The van der Waals surface area contributed by atoms with Crippen LogP contribution in [0, 0.1) is 5.41 Å². The fraction of sp³-hybridized carbons (Fsp3) is 0.333. The van der Waals surface area contributed by atoms with Gasteiger partial charge in [0.05, 0.1) is 0 Å². The molecular formula is C30H38N4O6. The number of benzene rings is 2. The average molecular weight is 551 g/mol. The van der Waals surface area contributed by atoms with Crippen molar-refractivity contribution in [2.24, 2.45) is 5.41 Å². The first kappa shape index (κ1) is 31.6. The van der Waals surface area contributed by atoms with E-state index in [1.165, 1.54) is 0 Å². The molecule has 0 aliphatic heterocycles. The van der Waals surface area contributed by atoms with E-state index in [1.807, 2.05) is 27.7 Å². The Morgan fingerprint density at radius 1 is 0.700 bits per heavy atom. The Morgan fingerprint density at radius 2 is 1.10 bits per heavy atom. The molecule has 10 nitrogen and oxygen atoms in total.